The average Bonchev–Trinajstić information content (AvgIpc) is 3.29. The van der Waals surface area contributed by atoms with Crippen LogP contribution >= 0.6 is 0 Å². The molecular weight excluding hydrogens is 415 g/mol. The Morgan fingerprint density at radius 3 is 2.47 bits per heavy atom. The molecular formula is C18H17F5N4O3. The molecule has 0 bridgehead atoms. The highest BCUT2D eigenvalue weighted by Gasteiger charge is 2.34. The molecule has 0 spiro atoms. The predicted octanol–water partition coefficient (Wildman–Crippen LogP) is 4.67. The quantitative estimate of drug-likeness (QED) is 0.505. The molecule has 0 aliphatic rings. The number of aryl methyl sites for hydroxylation is 1. The number of rotatable bonds is 7. The summed E-state index contributed by atoms with van der Waals surface area (Å²) < 4.78 is 79.5. The van der Waals surface area contributed by atoms with E-state index in [-0.39, 0.29) is 29.8 Å². The molecule has 1 aromatic carbocycles. The van der Waals surface area contributed by atoms with Crippen molar-refractivity contribution in [2.75, 3.05) is 7.11 Å². The molecule has 7 nitrogen and oxygen atoms in total. The van der Waals surface area contributed by atoms with Crippen LogP contribution in [0.1, 0.15) is 30.1 Å². The van der Waals surface area contributed by atoms with E-state index in [4.69, 9.17) is 9.15 Å². The van der Waals surface area contributed by atoms with E-state index in [1.54, 1.807) is 6.92 Å². The summed E-state index contributed by atoms with van der Waals surface area (Å²) in [6.07, 6.45) is -4.53. The molecule has 1 unspecified atom stereocenters. The summed E-state index contributed by atoms with van der Waals surface area (Å²) in [5.41, 5.74) is -0.237. The summed E-state index contributed by atoms with van der Waals surface area (Å²) in [6.45, 7) is 0.299. The lowest BCUT2D eigenvalue weighted by atomic mass is 10.2. The molecule has 0 saturated heterocycles. The van der Waals surface area contributed by atoms with E-state index in [0.29, 0.717) is 11.3 Å². The highest BCUT2D eigenvalue weighted by atomic mass is 19.4. The lowest BCUT2D eigenvalue weighted by Crippen LogP contribution is -2.12. The highest BCUT2D eigenvalue weighted by molar-refractivity contribution is 5.59. The monoisotopic (exact) mass is 432 g/mol. The maximum absolute atomic E-state index is 12.8. The lowest BCUT2D eigenvalue weighted by molar-refractivity contribution is -0.141. The normalized spacial score (nSPS) is 13.0. The Labute approximate surface area is 167 Å². The number of nitrogens with zero attached hydrogens (tertiary/aromatic N) is 4. The molecule has 162 valence electrons. The van der Waals surface area contributed by atoms with Gasteiger partial charge in [-0.2, -0.15) is 27.1 Å². The lowest BCUT2D eigenvalue weighted by Gasteiger charge is -2.10. The van der Waals surface area contributed by atoms with Crippen LogP contribution in [0.25, 0.3) is 11.5 Å². The minimum Gasteiger partial charge on any atom is -0.493 e. The fourth-order valence-corrected chi connectivity index (χ4v) is 2.72. The third kappa shape index (κ3) is 4.69. The van der Waals surface area contributed by atoms with Gasteiger partial charge in [0.15, 0.2) is 17.2 Å². The summed E-state index contributed by atoms with van der Waals surface area (Å²) in [7, 11) is 1.29. The molecule has 3 rings (SSSR count). The van der Waals surface area contributed by atoms with Gasteiger partial charge in [0, 0.05) is 11.3 Å². The molecule has 2 aromatic heterocycles. The van der Waals surface area contributed by atoms with Gasteiger partial charge < -0.3 is 13.9 Å². The van der Waals surface area contributed by atoms with E-state index in [9.17, 15) is 22.0 Å². The molecule has 2 heterocycles. The van der Waals surface area contributed by atoms with Gasteiger partial charge in [0.1, 0.15) is 0 Å². The molecule has 0 N–H and O–H groups in total. The molecule has 0 radical (unpaired) electrons. The van der Waals surface area contributed by atoms with Gasteiger partial charge in [0.05, 0.1) is 19.6 Å². The Kier molecular flexibility index (Phi) is 5.94. The zero-order valence-electron chi connectivity index (χ0n) is 16.1. The van der Waals surface area contributed by atoms with Crippen LogP contribution in [0, 0.1) is 6.92 Å². The van der Waals surface area contributed by atoms with Crippen molar-refractivity contribution in [2.24, 2.45) is 0 Å². The van der Waals surface area contributed by atoms with Gasteiger partial charge in [-0.25, -0.2) is 0 Å². The minimum atomic E-state index is -4.53. The first-order valence-electron chi connectivity index (χ1n) is 8.66. The van der Waals surface area contributed by atoms with Crippen LogP contribution in [0.4, 0.5) is 22.0 Å². The molecule has 1 atom stereocenters. The van der Waals surface area contributed by atoms with E-state index in [2.05, 4.69) is 20.0 Å². The number of benzene rings is 1. The number of aromatic nitrogens is 4. The zero-order valence-corrected chi connectivity index (χ0v) is 16.1. The van der Waals surface area contributed by atoms with Gasteiger partial charge in [-0.05, 0) is 31.2 Å². The van der Waals surface area contributed by atoms with Gasteiger partial charge >= 0.3 is 12.8 Å². The number of hydrogen-bond donors (Lipinski definition) is 0. The molecule has 0 saturated carbocycles. The number of halogens is 5. The van der Waals surface area contributed by atoms with Crippen LogP contribution in [0.15, 0.2) is 28.7 Å². The first-order chi connectivity index (χ1) is 14.1. The van der Waals surface area contributed by atoms with E-state index in [1.807, 2.05) is 0 Å². The summed E-state index contributed by atoms with van der Waals surface area (Å²) in [5.74, 6) is -0.270. The van der Waals surface area contributed by atoms with Gasteiger partial charge in [-0.15, -0.1) is 10.2 Å². The van der Waals surface area contributed by atoms with Crippen molar-refractivity contribution in [1.82, 2.24) is 20.0 Å². The topological polar surface area (TPSA) is 75.2 Å². The second-order valence-electron chi connectivity index (χ2n) is 6.44. The first kappa shape index (κ1) is 21.5. The SMILES string of the molecule is COc1cc(-c2nnc(C(C)Cn3nc(C(F)(F)F)cc3C)o2)ccc1OC(F)F. The van der Waals surface area contributed by atoms with E-state index in [0.717, 1.165) is 6.07 Å². The van der Waals surface area contributed by atoms with E-state index in [1.165, 1.54) is 36.9 Å². The fourth-order valence-electron chi connectivity index (χ4n) is 2.72. The van der Waals surface area contributed by atoms with E-state index >= 15 is 0 Å². The van der Waals surface area contributed by atoms with E-state index < -0.39 is 24.4 Å². The van der Waals surface area contributed by atoms with Crippen molar-refractivity contribution in [2.45, 2.75) is 39.1 Å². The van der Waals surface area contributed by atoms with Crippen molar-refractivity contribution < 1.29 is 35.8 Å². The third-order valence-electron chi connectivity index (χ3n) is 4.21. The van der Waals surface area contributed by atoms with Crippen LogP contribution in [-0.4, -0.2) is 33.7 Å². The summed E-state index contributed by atoms with van der Waals surface area (Å²) >= 11 is 0. The summed E-state index contributed by atoms with van der Waals surface area (Å²) in [6, 6.07) is 5.07. The molecule has 12 heteroatoms. The van der Waals surface area contributed by atoms with Crippen LogP contribution < -0.4 is 9.47 Å². The van der Waals surface area contributed by atoms with Crippen molar-refractivity contribution in [3.05, 3.63) is 41.5 Å². The molecule has 3 aromatic rings. The van der Waals surface area contributed by atoms with Crippen LogP contribution in [0.2, 0.25) is 0 Å². The standard InChI is InChI=1S/C18H17F5N4O3/c1-9(8-27-10(2)6-14(26-27)18(21,22)23)15-24-25-16(30-15)11-4-5-12(29-17(19)20)13(7-11)28-3/h4-7,9,17H,8H2,1-3H3. The van der Waals surface area contributed by atoms with Crippen molar-refractivity contribution in [1.29, 1.82) is 0 Å². The Bertz CT molecular complexity index is 1020. The van der Waals surface area contributed by atoms with Crippen molar-refractivity contribution in [3.63, 3.8) is 0 Å². The molecule has 0 fully saturated rings. The number of alkyl halides is 5. The van der Waals surface area contributed by atoms with Crippen LogP contribution in [0.5, 0.6) is 11.5 Å². The molecule has 0 aliphatic carbocycles. The molecule has 0 amide bonds. The first-order valence-corrected chi connectivity index (χ1v) is 8.66. The summed E-state index contributed by atoms with van der Waals surface area (Å²) in [4.78, 5) is 0. The number of ether oxygens (including phenoxy) is 2. The third-order valence-corrected chi connectivity index (χ3v) is 4.21. The van der Waals surface area contributed by atoms with Crippen molar-refractivity contribution in [3.8, 4) is 23.0 Å². The molecule has 30 heavy (non-hydrogen) atoms. The van der Waals surface area contributed by atoms with Gasteiger partial charge in [0.25, 0.3) is 0 Å². The average molecular weight is 432 g/mol. The number of methoxy groups -OCH3 is 1. The Balaban J connectivity index is 1.78. The van der Waals surface area contributed by atoms with Crippen LogP contribution in [0.3, 0.4) is 0 Å². The Morgan fingerprint density at radius 1 is 1.13 bits per heavy atom. The Hall–Kier alpha value is -3.18. The Morgan fingerprint density at radius 2 is 1.87 bits per heavy atom. The fraction of sp³-hybridized carbons (Fsp3) is 0.389. The highest BCUT2D eigenvalue weighted by Crippen LogP contribution is 2.34. The zero-order chi connectivity index (χ0) is 22.1. The van der Waals surface area contributed by atoms with Crippen LogP contribution in [-0.2, 0) is 12.7 Å². The van der Waals surface area contributed by atoms with Gasteiger partial charge in [0.2, 0.25) is 11.8 Å². The smallest absolute Gasteiger partial charge is 0.435 e. The second-order valence-corrected chi connectivity index (χ2v) is 6.44. The van der Waals surface area contributed by atoms with Crippen molar-refractivity contribution >= 4 is 0 Å². The number of hydrogen-bond acceptors (Lipinski definition) is 6. The maximum Gasteiger partial charge on any atom is 0.435 e. The van der Waals surface area contributed by atoms with Gasteiger partial charge in [-0.3, -0.25) is 4.68 Å². The second kappa shape index (κ2) is 8.28. The summed E-state index contributed by atoms with van der Waals surface area (Å²) in [5, 5.41) is 11.4. The van der Waals surface area contributed by atoms with Gasteiger partial charge in [-0.1, -0.05) is 6.92 Å². The largest absolute Gasteiger partial charge is 0.493 e. The molecule has 0 aliphatic heterocycles. The maximum atomic E-state index is 12.8. The predicted molar refractivity (Wildman–Crippen MR) is 93.3 cm³/mol. The minimum absolute atomic E-state index is 0.0486.